The molecule has 0 saturated heterocycles. The third-order valence-electron chi connectivity index (χ3n) is 2.93. The molecule has 1 aromatic heterocycles. The van der Waals surface area contributed by atoms with Crippen LogP contribution in [-0.4, -0.2) is 22.7 Å². The summed E-state index contributed by atoms with van der Waals surface area (Å²) in [7, 11) is 0. The van der Waals surface area contributed by atoms with Gasteiger partial charge in [0, 0.05) is 18.8 Å². The summed E-state index contributed by atoms with van der Waals surface area (Å²) in [5.74, 6) is 0.536. The summed E-state index contributed by atoms with van der Waals surface area (Å²) in [6.45, 7) is 2.74. The highest BCUT2D eigenvalue weighted by atomic mass is 16.3. The van der Waals surface area contributed by atoms with Gasteiger partial charge in [-0.15, -0.1) is 0 Å². The van der Waals surface area contributed by atoms with E-state index in [0.29, 0.717) is 12.5 Å². The molecule has 2 N–H and O–H groups in total. The predicted molar refractivity (Wildman–Crippen MR) is 59.4 cm³/mol. The second kappa shape index (κ2) is 4.73. The lowest BCUT2D eigenvalue weighted by molar-refractivity contribution is 0.145. The molecule has 1 heterocycles. The smallest absolute Gasteiger partial charge is 0.0692 e. The average Bonchev–Trinajstić information content (AvgIpc) is 3.10. The second-order valence-corrected chi connectivity index (χ2v) is 4.29. The van der Waals surface area contributed by atoms with Gasteiger partial charge in [-0.2, -0.15) is 0 Å². The topological polar surface area (TPSA) is 45.1 Å². The van der Waals surface area contributed by atoms with Crippen LogP contribution in [0.3, 0.4) is 0 Å². The molecule has 2 atom stereocenters. The van der Waals surface area contributed by atoms with Crippen LogP contribution in [0.15, 0.2) is 24.4 Å². The van der Waals surface area contributed by atoms with Crippen LogP contribution < -0.4 is 5.32 Å². The van der Waals surface area contributed by atoms with Crippen molar-refractivity contribution in [1.29, 1.82) is 0 Å². The maximum absolute atomic E-state index is 9.70. The molecule has 0 amide bonds. The summed E-state index contributed by atoms with van der Waals surface area (Å²) in [6, 6.07) is 6.11. The van der Waals surface area contributed by atoms with Gasteiger partial charge in [0.1, 0.15) is 0 Å². The van der Waals surface area contributed by atoms with Crippen LogP contribution in [0.2, 0.25) is 0 Å². The zero-order chi connectivity index (χ0) is 10.7. The molecular formula is C12H18N2O. The molecule has 1 saturated carbocycles. The van der Waals surface area contributed by atoms with Gasteiger partial charge >= 0.3 is 0 Å². The second-order valence-electron chi connectivity index (χ2n) is 4.29. The van der Waals surface area contributed by atoms with Gasteiger partial charge in [0.25, 0.3) is 0 Å². The Morgan fingerprint density at radius 3 is 2.93 bits per heavy atom. The molecule has 2 unspecified atom stereocenters. The summed E-state index contributed by atoms with van der Waals surface area (Å²) in [6.07, 6.45) is 3.98. The Balaban J connectivity index is 1.79. The lowest BCUT2D eigenvalue weighted by atomic mass is 10.2. The Kier molecular flexibility index (Phi) is 3.34. The van der Waals surface area contributed by atoms with Crippen molar-refractivity contribution in [1.82, 2.24) is 10.3 Å². The zero-order valence-electron chi connectivity index (χ0n) is 9.06. The first-order valence-corrected chi connectivity index (χ1v) is 5.60. The van der Waals surface area contributed by atoms with Crippen LogP contribution in [0.1, 0.15) is 31.5 Å². The number of aliphatic hydroxyl groups excluding tert-OH is 1. The summed E-state index contributed by atoms with van der Waals surface area (Å²) >= 11 is 0. The highest BCUT2D eigenvalue weighted by molar-refractivity contribution is 5.07. The molecule has 3 heteroatoms. The standard InChI is InChI=1S/C12H18N2O/c1-9(11-4-2-3-7-13-11)14-8-12(15)10-5-6-10/h2-4,7,9-10,12,14-15H,5-6,8H2,1H3. The molecule has 2 rings (SSSR count). The fraction of sp³-hybridized carbons (Fsp3) is 0.583. The highest BCUT2D eigenvalue weighted by Crippen LogP contribution is 2.32. The Morgan fingerprint density at radius 2 is 2.33 bits per heavy atom. The van der Waals surface area contributed by atoms with Gasteiger partial charge in [0.15, 0.2) is 0 Å². The van der Waals surface area contributed by atoms with Gasteiger partial charge in [0.2, 0.25) is 0 Å². The molecule has 0 radical (unpaired) electrons. The normalized spacial score (nSPS) is 19.9. The molecule has 15 heavy (non-hydrogen) atoms. The quantitative estimate of drug-likeness (QED) is 0.767. The van der Waals surface area contributed by atoms with Gasteiger partial charge in [-0.3, -0.25) is 4.98 Å². The molecule has 1 aliphatic rings. The van der Waals surface area contributed by atoms with E-state index in [9.17, 15) is 5.11 Å². The molecule has 1 aliphatic carbocycles. The van der Waals surface area contributed by atoms with E-state index < -0.39 is 0 Å². The largest absolute Gasteiger partial charge is 0.392 e. The van der Waals surface area contributed by atoms with Gasteiger partial charge in [0.05, 0.1) is 11.8 Å². The number of hydrogen-bond donors (Lipinski definition) is 2. The van der Waals surface area contributed by atoms with Crippen molar-refractivity contribution < 1.29 is 5.11 Å². The zero-order valence-corrected chi connectivity index (χ0v) is 9.06. The van der Waals surface area contributed by atoms with E-state index in [1.807, 2.05) is 18.2 Å². The van der Waals surface area contributed by atoms with E-state index in [2.05, 4.69) is 17.2 Å². The lowest BCUT2D eigenvalue weighted by Crippen LogP contribution is -2.30. The van der Waals surface area contributed by atoms with E-state index in [-0.39, 0.29) is 12.1 Å². The van der Waals surface area contributed by atoms with Crippen molar-refractivity contribution in [3.63, 3.8) is 0 Å². The molecule has 0 aliphatic heterocycles. The number of aromatic nitrogens is 1. The van der Waals surface area contributed by atoms with Crippen molar-refractivity contribution >= 4 is 0 Å². The van der Waals surface area contributed by atoms with Crippen molar-refractivity contribution in [3.05, 3.63) is 30.1 Å². The summed E-state index contributed by atoms with van der Waals surface area (Å²) < 4.78 is 0. The average molecular weight is 206 g/mol. The molecule has 0 bridgehead atoms. The number of nitrogens with one attached hydrogen (secondary N) is 1. The Hall–Kier alpha value is -0.930. The highest BCUT2D eigenvalue weighted by Gasteiger charge is 2.29. The Morgan fingerprint density at radius 1 is 1.53 bits per heavy atom. The predicted octanol–water partition coefficient (Wildman–Crippen LogP) is 1.50. The minimum absolute atomic E-state index is 0.184. The summed E-state index contributed by atoms with van der Waals surface area (Å²) in [5, 5.41) is 13.0. The van der Waals surface area contributed by atoms with E-state index in [1.54, 1.807) is 6.20 Å². The van der Waals surface area contributed by atoms with Crippen LogP contribution in [0.5, 0.6) is 0 Å². The van der Waals surface area contributed by atoms with Crippen molar-refractivity contribution in [2.75, 3.05) is 6.54 Å². The van der Waals surface area contributed by atoms with Crippen molar-refractivity contribution in [2.24, 2.45) is 5.92 Å². The molecule has 0 aromatic carbocycles. The number of rotatable bonds is 5. The lowest BCUT2D eigenvalue weighted by Gasteiger charge is -2.16. The minimum Gasteiger partial charge on any atom is -0.392 e. The van der Waals surface area contributed by atoms with Crippen molar-refractivity contribution in [2.45, 2.75) is 31.9 Å². The SMILES string of the molecule is CC(NCC(O)C1CC1)c1ccccn1. The maximum Gasteiger partial charge on any atom is 0.0692 e. The minimum atomic E-state index is -0.184. The third-order valence-corrected chi connectivity index (χ3v) is 2.93. The first-order chi connectivity index (χ1) is 7.27. The molecule has 1 aromatic rings. The van der Waals surface area contributed by atoms with E-state index in [0.717, 1.165) is 5.69 Å². The first-order valence-electron chi connectivity index (χ1n) is 5.60. The summed E-state index contributed by atoms with van der Waals surface area (Å²) in [4.78, 5) is 4.27. The Bertz CT molecular complexity index is 298. The molecule has 3 nitrogen and oxygen atoms in total. The number of hydrogen-bond acceptors (Lipinski definition) is 3. The summed E-state index contributed by atoms with van der Waals surface area (Å²) in [5.41, 5.74) is 1.03. The third kappa shape index (κ3) is 3.01. The molecule has 1 fully saturated rings. The molecule has 0 spiro atoms. The fourth-order valence-electron chi connectivity index (χ4n) is 1.68. The van der Waals surface area contributed by atoms with Gasteiger partial charge < -0.3 is 10.4 Å². The van der Waals surface area contributed by atoms with Crippen LogP contribution >= 0.6 is 0 Å². The Labute approximate surface area is 90.5 Å². The first kappa shape index (κ1) is 10.6. The van der Waals surface area contributed by atoms with Crippen LogP contribution in [0, 0.1) is 5.92 Å². The van der Waals surface area contributed by atoms with Crippen LogP contribution in [-0.2, 0) is 0 Å². The monoisotopic (exact) mass is 206 g/mol. The number of nitrogens with zero attached hydrogens (tertiary/aromatic N) is 1. The van der Waals surface area contributed by atoms with Gasteiger partial charge in [-0.05, 0) is 37.8 Å². The fourth-order valence-corrected chi connectivity index (χ4v) is 1.68. The van der Waals surface area contributed by atoms with E-state index in [4.69, 9.17) is 0 Å². The van der Waals surface area contributed by atoms with E-state index >= 15 is 0 Å². The maximum atomic E-state index is 9.70. The number of pyridine rings is 1. The molecular weight excluding hydrogens is 188 g/mol. The van der Waals surface area contributed by atoms with Gasteiger partial charge in [-0.1, -0.05) is 6.07 Å². The number of aliphatic hydroxyl groups is 1. The van der Waals surface area contributed by atoms with Gasteiger partial charge in [-0.25, -0.2) is 0 Å². The van der Waals surface area contributed by atoms with Crippen molar-refractivity contribution in [3.8, 4) is 0 Å². The molecule has 82 valence electrons. The van der Waals surface area contributed by atoms with E-state index in [1.165, 1.54) is 12.8 Å². The van der Waals surface area contributed by atoms with Crippen LogP contribution in [0.4, 0.5) is 0 Å². The van der Waals surface area contributed by atoms with Crippen LogP contribution in [0.25, 0.3) is 0 Å².